The maximum Gasteiger partial charge on any atom is 0.506 e. The van der Waals surface area contributed by atoms with Gasteiger partial charge in [-0.05, 0) is 35.7 Å². The largest absolute Gasteiger partial charge is 0.506 e. The molecule has 0 saturated carbocycles. The molecule has 0 saturated heterocycles. The summed E-state index contributed by atoms with van der Waals surface area (Å²) in [7, 11) is 1.56. The van der Waals surface area contributed by atoms with Crippen molar-refractivity contribution in [3.63, 3.8) is 0 Å². The number of thioether (sulfide) groups is 1. The highest BCUT2D eigenvalue weighted by atomic mass is 32.2. The number of nitrogens with zero attached hydrogens (tertiary/aromatic N) is 4. The number of aromatic nitrogens is 2. The van der Waals surface area contributed by atoms with Crippen LogP contribution in [0.4, 0.5) is 10.5 Å². The number of carbonyl (C=O) groups is 2. The molecule has 3 heterocycles. The van der Waals surface area contributed by atoms with Gasteiger partial charge in [0, 0.05) is 5.56 Å². The van der Waals surface area contributed by atoms with Gasteiger partial charge in [0.2, 0.25) is 5.82 Å². The predicted molar refractivity (Wildman–Crippen MR) is 115 cm³/mol. The highest BCUT2D eigenvalue weighted by Gasteiger charge is 2.50. The molecule has 2 aliphatic rings. The number of ether oxygens (including phenoxy) is 1. The molecule has 0 N–H and O–H groups in total. The van der Waals surface area contributed by atoms with E-state index in [1.54, 1.807) is 37.5 Å². The van der Waals surface area contributed by atoms with E-state index in [9.17, 15) is 9.59 Å². The number of anilines is 1. The number of urea groups is 1. The Balaban J connectivity index is 1.49. The monoisotopic (exact) mass is 433 g/mol. The van der Waals surface area contributed by atoms with Gasteiger partial charge in [0.25, 0.3) is 5.89 Å². The molecule has 154 valence electrons. The Labute approximate surface area is 181 Å². The van der Waals surface area contributed by atoms with Gasteiger partial charge in [-0.1, -0.05) is 35.5 Å². The predicted octanol–water partition coefficient (Wildman–Crippen LogP) is 3.49. The van der Waals surface area contributed by atoms with Gasteiger partial charge in [0.15, 0.2) is 11.8 Å². The molecule has 31 heavy (non-hydrogen) atoms. The third-order valence-corrected chi connectivity index (χ3v) is 6.03. The first-order valence-electron chi connectivity index (χ1n) is 9.52. The summed E-state index contributed by atoms with van der Waals surface area (Å²) < 4.78 is 12.1. The van der Waals surface area contributed by atoms with Gasteiger partial charge in [0.05, 0.1) is 7.11 Å². The fourth-order valence-electron chi connectivity index (χ4n) is 3.49. The van der Waals surface area contributed by atoms with Crippen molar-refractivity contribution in [2.45, 2.75) is 11.8 Å². The molecule has 1 aromatic heterocycles. The fourth-order valence-corrected chi connectivity index (χ4v) is 4.43. The van der Waals surface area contributed by atoms with Crippen LogP contribution in [-0.4, -0.2) is 44.7 Å². The zero-order valence-corrected chi connectivity index (χ0v) is 17.3. The Kier molecular flexibility index (Phi) is 4.87. The number of methoxy groups -OCH3 is 1. The molecule has 1 unspecified atom stereocenters. The molecule has 0 fully saturated rings. The molecule has 3 amide bonds. The number of rotatable bonds is 5. The molecular formula is C22H17N4O4S+. The van der Waals surface area contributed by atoms with Crippen molar-refractivity contribution in [2.75, 3.05) is 12.0 Å². The number of imide groups is 1. The first-order valence-corrected chi connectivity index (χ1v) is 10.5. The Hall–Kier alpha value is -3.72. The molecule has 0 bridgehead atoms. The molecule has 0 spiro atoms. The fraction of sp³-hybridized carbons (Fsp3) is 0.136. The van der Waals surface area contributed by atoms with Gasteiger partial charge in [-0.3, -0.25) is 0 Å². The van der Waals surface area contributed by atoms with Crippen LogP contribution in [0.5, 0.6) is 5.75 Å². The number of fused-ring (bicyclic) bond motifs is 1. The van der Waals surface area contributed by atoms with E-state index < -0.39 is 11.3 Å². The van der Waals surface area contributed by atoms with E-state index in [4.69, 9.17) is 9.26 Å². The van der Waals surface area contributed by atoms with E-state index in [0.29, 0.717) is 23.0 Å². The van der Waals surface area contributed by atoms with Crippen LogP contribution in [0.25, 0.3) is 11.4 Å². The minimum atomic E-state index is -0.503. The second-order valence-electron chi connectivity index (χ2n) is 6.86. The first-order chi connectivity index (χ1) is 15.2. The van der Waals surface area contributed by atoms with E-state index in [0.717, 1.165) is 5.56 Å². The Morgan fingerprint density at radius 3 is 2.65 bits per heavy atom. The third kappa shape index (κ3) is 3.42. The van der Waals surface area contributed by atoms with Gasteiger partial charge in [-0.15, -0.1) is 16.7 Å². The number of amides is 3. The standard InChI is InChI=1S/C22H17N4O4S/c1-29-16-9-7-15(8-10-16)26-21(27)19-17(11-12-31-19)25(22(26)28)13-18-23-20(24-30-18)14-5-3-2-4-6-14/h2-12,19H,13H2,1H3/q+1. The number of hydrogen-bond donors (Lipinski definition) is 0. The van der Waals surface area contributed by atoms with Gasteiger partial charge in [-0.25, -0.2) is 4.79 Å². The number of hydrogen-bond acceptors (Lipinski definition) is 7. The lowest BCUT2D eigenvalue weighted by molar-refractivity contribution is -0.448. The Morgan fingerprint density at radius 2 is 1.90 bits per heavy atom. The van der Waals surface area contributed by atoms with Crippen molar-refractivity contribution in [3.8, 4) is 17.1 Å². The van der Waals surface area contributed by atoms with Crippen molar-refractivity contribution < 1.29 is 23.4 Å². The molecule has 8 nitrogen and oxygen atoms in total. The Bertz CT molecular complexity index is 1220. The Morgan fingerprint density at radius 1 is 1.13 bits per heavy atom. The van der Waals surface area contributed by atoms with Crippen molar-refractivity contribution in [3.05, 3.63) is 72.0 Å². The molecule has 0 radical (unpaired) electrons. The first kappa shape index (κ1) is 19.3. The van der Waals surface area contributed by atoms with Crippen LogP contribution in [0.3, 0.4) is 0 Å². The molecule has 0 aliphatic carbocycles. The quantitative estimate of drug-likeness (QED) is 0.569. The van der Waals surface area contributed by atoms with E-state index in [2.05, 4.69) is 10.1 Å². The zero-order valence-electron chi connectivity index (χ0n) is 16.5. The minimum absolute atomic E-state index is 0.0648. The van der Waals surface area contributed by atoms with Crippen LogP contribution in [0.1, 0.15) is 5.89 Å². The summed E-state index contributed by atoms with van der Waals surface area (Å²) in [6.07, 6.45) is 1.78. The topological polar surface area (TPSA) is 88.5 Å². The zero-order chi connectivity index (χ0) is 21.4. The minimum Gasteiger partial charge on any atom is -0.497 e. The summed E-state index contributed by atoms with van der Waals surface area (Å²) in [6.45, 7) is 0.0648. The van der Waals surface area contributed by atoms with Crippen molar-refractivity contribution in [1.29, 1.82) is 0 Å². The lowest BCUT2D eigenvalue weighted by atomic mass is 10.1. The van der Waals surface area contributed by atoms with Crippen molar-refractivity contribution in [1.82, 2.24) is 10.1 Å². The highest BCUT2D eigenvalue weighted by molar-refractivity contribution is 8.04. The van der Waals surface area contributed by atoms with Gasteiger partial charge in [0.1, 0.15) is 17.1 Å². The maximum absolute atomic E-state index is 13.4. The molecule has 3 aromatic rings. The van der Waals surface area contributed by atoms with Crippen LogP contribution in [0, 0.1) is 0 Å². The van der Waals surface area contributed by atoms with Crippen LogP contribution in [0.15, 0.2) is 70.6 Å². The van der Waals surface area contributed by atoms with Gasteiger partial charge >= 0.3 is 11.9 Å². The smallest absolute Gasteiger partial charge is 0.497 e. The van der Waals surface area contributed by atoms with E-state index in [-0.39, 0.29) is 18.3 Å². The van der Waals surface area contributed by atoms with Gasteiger partial charge < -0.3 is 9.26 Å². The summed E-state index contributed by atoms with van der Waals surface area (Å²) in [6, 6.07) is 15.8. The lowest BCUT2D eigenvalue weighted by Crippen LogP contribution is -2.55. The second kappa shape index (κ2) is 7.84. The van der Waals surface area contributed by atoms with E-state index >= 15 is 0 Å². The molecular weight excluding hydrogens is 416 g/mol. The normalized spacial score (nSPS) is 18.0. The molecule has 9 heteroatoms. The average molecular weight is 433 g/mol. The summed E-state index contributed by atoms with van der Waals surface area (Å²) in [5, 5.41) is 5.34. The second-order valence-corrected chi connectivity index (χ2v) is 7.88. The number of carbonyl (C=O) groups excluding carboxylic acids is 2. The van der Waals surface area contributed by atoms with Gasteiger partial charge in [-0.2, -0.15) is 14.4 Å². The van der Waals surface area contributed by atoms with Crippen LogP contribution in [0.2, 0.25) is 0 Å². The summed E-state index contributed by atoms with van der Waals surface area (Å²) in [5.41, 5.74) is 1.91. The molecule has 5 rings (SSSR count). The van der Waals surface area contributed by atoms with E-state index in [1.165, 1.54) is 21.2 Å². The number of allylic oxidation sites excluding steroid dienone is 1. The van der Waals surface area contributed by atoms with E-state index in [1.807, 2.05) is 35.7 Å². The average Bonchev–Trinajstić information content (AvgIpc) is 3.48. The van der Waals surface area contributed by atoms with Crippen LogP contribution in [-0.2, 0) is 11.3 Å². The summed E-state index contributed by atoms with van der Waals surface area (Å²) in [4.78, 5) is 32.0. The van der Waals surface area contributed by atoms with Crippen molar-refractivity contribution >= 4 is 35.1 Å². The van der Waals surface area contributed by atoms with Crippen molar-refractivity contribution in [2.24, 2.45) is 0 Å². The lowest BCUT2D eigenvalue weighted by Gasteiger charge is -2.23. The summed E-state index contributed by atoms with van der Waals surface area (Å²) in [5.74, 6) is 1.08. The molecule has 2 aromatic carbocycles. The maximum atomic E-state index is 13.4. The molecule has 2 aliphatic heterocycles. The summed E-state index contributed by atoms with van der Waals surface area (Å²) >= 11 is 1.36. The van der Waals surface area contributed by atoms with Crippen LogP contribution < -0.4 is 9.64 Å². The third-order valence-electron chi connectivity index (χ3n) is 5.02. The number of benzene rings is 2. The SMILES string of the molecule is COc1ccc(N2C(=O)C3SC=CC3=[N+](Cc3nc(-c4ccccc4)no3)C2=O)cc1. The highest BCUT2D eigenvalue weighted by Crippen LogP contribution is 2.31. The van der Waals surface area contributed by atoms with Crippen LogP contribution >= 0.6 is 11.8 Å². The molecule has 1 atom stereocenters.